The molecule has 136 valence electrons. The van der Waals surface area contributed by atoms with Gasteiger partial charge in [0.05, 0.1) is 25.1 Å². The van der Waals surface area contributed by atoms with Crippen molar-refractivity contribution in [2.45, 2.75) is 31.5 Å². The Labute approximate surface area is 146 Å². The summed E-state index contributed by atoms with van der Waals surface area (Å²) in [7, 11) is 0. The molecule has 1 amide bonds. The molecule has 1 N–H and O–H groups in total. The fourth-order valence-corrected chi connectivity index (χ4v) is 4.04. The molecule has 0 unspecified atom stereocenters. The Hall–Kier alpha value is -1.93. The van der Waals surface area contributed by atoms with Crippen molar-refractivity contribution in [1.82, 2.24) is 15.1 Å². The van der Waals surface area contributed by atoms with Crippen molar-refractivity contribution < 1.29 is 14.3 Å². The second-order valence-electron chi connectivity index (χ2n) is 7.00. The normalized spacial score (nSPS) is 24.0. The minimum Gasteiger partial charge on any atom is -0.370 e. The molecule has 8 heteroatoms. The molecule has 3 saturated heterocycles. The van der Waals surface area contributed by atoms with Crippen molar-refractivity contribution in [3.8, 4) is 0 Å². The number of amides is 1. The van der Waals surface area contributed by atoms with Crippen LogP contribution in [0.5, 0.6) is 0 Å². The maximum atomic E-state index is 12.8. The van der Waals surface area contributed by atoms with E-state index >= 15 is 0 Å². The Balaban J connectivity index is 1.30. The van der Waals surface area contributed by atoms with Crippen LogP contribution in [0.25, 0.3) is 0 Å². The van der Waals surface area contributed by atoms with E-state index in [4.69, 9.17) is 9.47 Å². The lowest BCUT2D eigenvalue weighted by molar-refractivity contribution is -0.188. The third kappa shape index (κ3) is 3.41. The number of likely N-dealkylation sites (tertiary alicyclic amines) is 1. The van der Waals surface area contributed by atoms with Gasteiger partial charge in [0.2, 0.25) is 5.91 Å². The van der Waals surface area contributed by atoms with Crippen LogP contribution in [0.3, 0.4) is 0 Å². The lowest BCUT2D eigenvalue weighted by atomic mass is 9.93. The summed E-state index contributed by atoms with van der Waals surface area (Å²) in [4.78, 5) is 28.3. The lowest BCUT2D eigenvalue weighted by Crippen LogP contribution is -2.50. The van der Waals surface area contributed by atoms with Gasteiger partial charge in [0.15, 0.2) is 5.79 Å². The highest BCUT2D eigenvalue weighted by molar-refractivity contribution is 5.79. The molecular weight excluding hydrogens is 324 g/mol. The predicted octanol–water partition coefficient (Wildman–Crippen LogP) is 0.352. The summed E-state index contributed by atoms with van der Waals surface area (Å²) in [5.41, 5.74) is 0.624. The molecule has 8 nitrogen and oxygen atoms in total. The van der Waals surface area contributed by atoms with Crippen LogP contribution < -0.4 is 10.5 Å². The second kappa shape index (κ2) is 6.76. The first-order valence-electron chi connectivity index (χ1n) is 9.02. The van der Waals surface area contributed by atoms with Crippen molar-refractivity contribution in [1.29, 1.82) is 0 Å². The fraction of sp³-hybridized carbons (Fsp3) is 0.706. The second-order valence-corrected chi connectivity index (χ2v) is 7.00. The fourth-order valence-electron chi connectivity index (χ4n) is 4.04. The molecule has 3 aliphatic rings. The highest BCUT2D eigenvalue weighted by Gasteiger charge is 2.41. The number of carbonyl (C=O) groups excluding carboxylic acids is 1. The van der Waals surface area contributed by atoms with Gasteiger partial charge in [-0.3, -0.25) is 9.59 Å². The Morgan fingerprint density at radius 2 is 1.84 bits per heavy atom. The number of ether oxygens (including phenoxy) is 2. The van der Waals surface area contributed by atoms with E-state index in [1.54, 1.807) is 12.3 Å². The molecule has 1 aromatic heterocycles. The summed E-state index contributed by atoms with van der Waals surface area (Å²) in [6.07, 6.45) is 4.79. The lowest BCUT2D eigenvalue weighted by Gasteiger charge is -2.40. The molecule has 0 atom stereocenters. The minimum absolute atomic E-state index is 0.0608. The Morgan fingerprint density at radius 1 is 1.16 bits per heavy atom. The van der Waals surface area contributed by atoms with E-state index in [0.717, 1.165) is 44.5 Å². The van der Waals surface area contributed by atoms with Crippen molar-refractivity contribution in [3.63, 3.8) is 0 Å². The number of anilines is 1. The molecule has 3 fully saturated rings. The van der Waals surface area contributed by atoms with E-state index in [-0.39, 0.29) is 17.4 Å². The molecule has 4 heterocycles. The first kappa shape index (κ1) is 16.5. The molecule has 1 aromatic rings. The minimum atomic E-state index is -0.437. The number of nitrogens with zero attached hydrogens (tertiary/aromatic N) is 3. The summed E-state index contributed by atoms with van der Waals surface area (Å²) in [5, 5.41) is 6.23. The van der Waals surface area contributed by atoms with Crippen LogP contribution in [-0.2, 0) is 14.3 Å². The highest BCUT2D eigenvalue weighted by atomic mass is 16.7. The summed E-state index contributed by atoms with van der Waals surface area (Å²) in [5.74, 6) is -0.129. The topological polar surface area (TPSA) is 87.8 Å². The first-order valence-corrected chi connectivity index (χ1v) is 9.02. The van der Waals surface area contributed by atoms with Crippen LogP contribution >= 0.6 is 0 Å². The number of carbonyl (C=O) groups is 1. The van der Waals surface area contributed by atoms with E-state index in [0.29, 0.717) is 26.3 Å². The smallest absolute Gasteiger partial charge is 0.266 e. The van der Waals surface area contributed by atoms with E-state index in [2.05, 4.69) is 15.1 Å². The molecule has 0 aliphatic carbocycles. The number of hydrogen-bond donors (Lipinski definition) is 1. The van der Waals surface area contributed by atoms with Crippen LogP contribution in [0.1, 0.15) is 25.7 Å². The molecule has 25 heavy (non-hydrogen) atoms. The maximum Gasteiger partial charge on any atom is 0.266 e. The molecule has 0 aromatic carbocycles. The van der Waals surface area contributed by atoms with Crippen molar-refractivity contribution in [3.05, 3.63) is 22.6 Å². The average Bonchev–Trinajstić information content (AvgIpc) is 3.10. The summed E-state index contributed by atoms with van der Waals surface area (Å²) >= 11 is 0. The van der Waals surface area contributed by atoms with Crippen LogP contribution in [0.15, 0.2) is 17.1 Å². The van der Waals surface area contributed by atoms with Crippen LogP contribution in [0.2, 0.25) is 0 Å². The largest absolute Gasteiger partial charge is 0.370 e. The highest BCUT2D eigenvalue weighted by Crippen LogP contribution is 2.32. The van der Waals surface area contributed by atoms with Gasteiger partial charge in [-0.15, -0.1) is 0 Å². The van der Waals surface area contributed by atoms with E-state index in [9.17, 15) is 9.59 Å². The standard InChI is InChI=1S/C17H24N4O4/c22-15-11-14(12-18-19-15)20-5-1-13(2-6-20)16(23)21-7-3-17(4-8-21)24-9-10-25-17/h11-13H,1-10H2,(H,19,22). The van der Waals surface area contributed by atoms with Gasteiger partial charge < -0.3 is 19.3 Å². The Kier molecular flexibility index (Phi) is 4.47. The van der Waals surface area contributed by atoms with Gasteiger partial charge >= 0.3 is 0 Å². The third-order valence-corrected chi connectivity index (χ3v) is 5.51. The zero-order valence-corrected chi connectivity index (χ0v) is 14.3. The number of nitrogens with one attached hydrogen (secondary N) is 1. The number of piperidine rings is 2. The molecular formula is C17H24N4O4. The van der Waals surface area contributed by atoms with Crippen molar-refractivity contribution in [2.75, 3.05) is 44.3 Å². The molecule has 4 rings (SSSR count). The summed E-state index contributed by atoms with van der Waals surface area (Å²) in [6.45, 7) is 4.26. The van der Waals surface area contributed by atoms with E-state index in [1.165, 1.54) is 0 Å². The van der Waals surface area contributed by atoms with Crippen molar-refractivity contribution >= 4 is 11.6 Å². The average molecular weight is 348 g/mol. The number of hydrogen-bond acceptors (Lipinski definition) is 6. The Morgan fingerprint density at radius 3 is 2.48 bits per heavy atom. The van der Waals surface area contributed by atoms with E-state index in [1.807, 2.05) is 4.90 Å². The molecule has 0 bridgehead atoms. The summed E-state index contributed by atoms with van der Waals surface area (Å²) < 4.78 is 11.5. The SMILES string of the molecule is O=C(C1CCN(c2cn[nH]c(=O)c2)CC1)N1CCC2(CC1)OCCO2. The van der Waals surface area contributed by atoms with Gasteiger partial charge in [0.1, 0.15) is 0 Å². The number of H-pyrrole nitrogens is 1. The first-order chi connectivity index (χ1) is 12.2. The predicted molar refractivity (Wildman–Crippen MR) is 90.2 cm³/mol. The summed E-state index contributed by atoms with van der Waals surface area (Å²) in [6, 6.07) is 1.56. The molecule has 0 radical (unpaired) electrons. The van der Waals surface area contributed by atoms with Gasteiger partial charge in [-0.2, -0.15) is 5.10 Å². The molecule has 3 aliphatic heterocycles. The van der Waals surface area contributed by atoms with Crippen LogP contribution in [0.4, 0.5) is 5.69 Å². The van der Waals surface area contributed by atoms with Gasteiger partial charge in [0, 0.05) is 51.0 Å². The number of aromatic nitrogens is 2. The van der Waals surface area contributed by atoms with E-state index < -0.39 is 5.79 Å². The zero-order valence-electron chi connectivity index (χ0n) is 14.3. The monoisotopic (exact) mass is 348 g/mol. The third-order valence-electron chi connectivity index (χ3n) is 5.51. The maximum absolute atomic E-state index is 12.8. The number of aromatic amines is 1. The number of rotatable bonds is 2. The van der Waals surface area contributed by atoms with Crippen LogP contribution in [0, 0.1) is 5.92 Å². The van der Waals surface area contributed by atoms with Gasteiger partial charge in [-0.25, -0.2) is 5.10 Å². The van der Waals surface area contributed by atoms with Gasteiger partial charge in [0.25, 0.3) is 5.56 Å². The molecule has 0 saturated carbocycles. The molecule has 1 spiro atoms. The quantitative estimate of drug-likeness (QED) is 0.830. The van der Waals surface area contributed by atoms with Crippen molar-refractivity contribution in [2.24, 2.45) is 5.92 Å². The van der Waals surface area contributed by atoms with Gasteiger partial charge in [-0.05, 0) is 12.8 Å². The van der Waals surface area contributed by atoms with Crippen LogP contribution in [-0.4, -0.2) is 66.2 Å². The van der Waals surface area contributed by atoms with Gasteiger partial charge in [-0.1, -0.05) is 0 Å². The zero-order chi connectivity index (χ0) is 17.3. The Bertz CT molecular complexity index is 667.